The highest BCUT2D eigenvalue weighted by atomic mass is 28.3. The summed E-state index contributed by atoms with van der Waals surface area (Å²) in [6.07, 6.45) is 0. The van der Waals surface area contributed by atoms with Crippen LogP contribution in [0.2, 0.25) is 0 Å². The van der Waals surface area contributed by atoms with E-state index in [4.69, 9.17) is 0 Å². The molecule has 1 aromatic rings. The van der Waals surface area contributed by atoms with Crippen molar-refractivity contribution >= 4 is 21.0 Å². The van der Waals surface area contributed by atoms with E-state index in [2.05, 4.69) is 4.12 Å². The molecule has 0 amide bonds. The second-order valence-corrected chi connectivity index (χ2v) is 4.83. The highest BCUT2D eigenvalue weighted by Gasteiger charge is 1.57. The van der Waals surface area contributed by atoms with E-state index in [1.807, 2.05) is 36.4 Å². The van der Waals surface area contributed by atoms with Gasteiger partial charge in [-0.3, -0.25) is 0 Å². The van der Waals surface area contributed by atoms with E-state index in [-0.39, 0.29) is 5.48 Å². The average Bonchev–Trinajstić information content (AvgIpc) is 1.93. The van der Waals surface area contributed by atoms with E-state index in [9.17, 15) is 0 Å². The summed E-state index contributed by atoms with van der Waals surface area (Å²) in [6.45, 7) is 0. The molecule has 2 nitrogen and oxygen atoms in total. The van der Waals surface area contributed by atoms with Crippen LogP contribution in [-0.4, -0.2) is 26.4 Å². The summed E-state index contributed by atoms with van der Waals surface area (Å²) in [7, 11) is 1.86. The molecule has 0 fully saturated rings. The third-order valence-corrected chi connectivity index (χ3v) is 0.667. The molecule has 10 heavy (non-hydrogen) atoms. The van der Waals surface area contributed by atoms with Gasteiger partial charge < -0.3 is 9.59 Å². The molecular weight excluding hydrogens is 160 g/mol. The van der Waals surface area contributed by atoms with Crippen molar-refractivity contribution < 1.29 is 9.59 Å². The normalized spacial score (nSPS) is 7.20. The Bertz CT molecular complexity index is 96.6. The maximum atomic E-state index is 4.53. The highest BCUT2D eigenvalue weighted by Crippen LogP contribution is 1.79. The second-order valence-electron chi connectivity index (χ2n) is 1.56. The van der Waals surface area contributed by atoms with Crippen molar-refractivity contribution in [2.75, 3.05) is 0 Å². The first-order valence-corrected chi connectivity index (χ1v) is 4.45. The van der Waals surface area contributed by atoms with Crippen LogP contribution in [0.5, 0.6) is 0 Å². The van der Waals surface area contributed by atoms with Gasteiger partial charge in [-0.2, -0.15) is 0 Å². The van der Waals surface area contributed by atoms with Crippen LogP contribution in [0.1, 0.15) is 0 Å². The van der Waals surface area contributed by atoms with Crippen molar-refractivity contribution in [2.24, 2.45) is 0 Å². The molecular formula is C6H14O2Si2. The molecule has 2 N–H and O–H groups in total. The summed E-state index contributed by atoms with van der Waals surface area (Å²) < 4.78 is 4.53. The fraction of sp³-hybridized carbons (Fsp3) is 0. The van der Waals surface area contributed by atoms with Gasteiger partial charge in [-0.15, -0.1) is 0 Å². The quantitative estimate of drug-likeness (QED) is 0.438. The molecule has 0 atom stereocenters. The van der Waals surface area contributed by atoms with E-state index in [0.717, 1.165) is 21.0 Å². The number of hydrogen-bond acceptors (Lipinski definition) is 1. The zero-order chi connectivity index (χ0) is 6.95. The first-order valence-electron chi connectivity index (χ1n) is 2.82. The minimum atomic E-state index is 0. The van der Waals surface area contributed by atoms with Gasteiger partial charge in [-0.25, -0.2) is 0 Å². The molecule has 1 rings (SSSR count). The van der Waals surface area contributed by atoms with Gasteiger partial charge in [0.2, 0.25) is 0 Å². The molecule has 0 saturated carbocycles. The van der Waals surface area contributed by atoms with Gasteiger partial charge in [0.1, 0.15) is 21.0 Å². The predicted molar refractivity (Wildman–Crippen MR) is 51.0 cm³/mol. The lowest BCUT2D eigenvalue weighted by Gasteiger charge is -1.69. The van der Waals surface area contributed by atoms with Crippen LogP contribution in [0.4, 0.5) is 0 Å². The van der Waals surface area contributed by atoms with E-state index < -0.39 is 0 Å². The Kier molecular flexibility index (Phi) is 14.0. The van der Waals surface area contributed by atoms with Crippen LogP contribution in [-0.2, 0) is 4.12 Å². The third-order valence-electron chi connectivity index (χ3n) is 0.667. The smallest absolute Gasteiger partial charge is 0.129 e. The van der Waals surface area contributed by atoms with Crippen LogP contribution < -0.4 is 0 Å². The topological polar surface area (TPSA) is 40.7 Å². The molecule has 0 spiro atoms. The van der Waals surface area contributed by atoms with Gasteiger partial charge in [0.05, 0.1) is 0 Å². The Morgan fingerprint density at radius 1 is 0.700 bits per heavy atom. The van der Waals surface area contributed by atoms with Crippen LogP contribution in [0, 0.1) is 0 Å². The van der Waals surface area contributed by atoms with Crippen molar-refractivity contribution in [3.8, 4) is 0 Å². The van der Waals surface area contributed by atoms with Crippen molar-refractivity contribution in [1.29, 1.82) is 0 Å². The summed E-state index contributed by atoms with van der Waals surface area (Å²) in [4.78, 5) is 0. The number of rotatable bonds is 0. The number of benzene rings is 1. The van der Waals surface area contributed by atoms with Crippen LogP contribution >= 0.6 is 0 Å². The largest absolute Gasteiger partial charge is 0.471 e. The Morgan fingerprint density at radius 2 is 0.800 bits per heavy atom. The SMILES string of the molecule is O.[SiH3]O[SiH3].c1ccccc1. The Hall–Kier alpha value is -0.426. The monoisotopic (exact) mass is 174 g/mol. The van der Waals surface area contributed by atoms with Gasteiger partial charge in [-0.05, 0) is 0 Å². The fourth-order valence-corrected chi connectivity index (χ4v) is 0.385. The molecule has 0 unspecified atom stereocenters. The van der Waals surface area contributed by atoms with E-state index in [1.54, 1.807) is 0 Å². The standard InChI is InChI=1S/C6H6.H6OSi2.H2O/c1-2-4-6-5-3-1;2-1-3;/h1-6H;2-3H3;1H2. The van der Waals surface area contributed by atoms with E-state index >= 15 is 0 Å². The Morgan fingerprint density at radius 3 is 0.900 bits per heavy atom. The fourth-order valence-electron chi connectivity index (χ4n) is 0.385. The molecule has 0 heterocycles. The Balaban J connectivity index is 0. The first-order chi connectivity index (χ1) is 4.41. The summed E-state index contributed by atoms with van der Waals surface area (Å²) in [5.74, 6) is 0. The number of hydrogen-bond donors (Lipinski definition) is 0. The summed E-state index contributed by atoms with van der Waals surface area (Å²) in [5, 5.41) is 0. The van der Waals surface area contributed by atoms with E-state index in [0.29, 0.717) is 0 Å². The van der Waals surface area contributed by atoms with Crippen molar-refractivity contribution in [3.63, 3.8) is 0 Å². The van der Waals surface area contributed by atoms with Crippen molar-refractivity contribution in [3.05, 3.63) is 36.4 Å². The lowest BCUT2D eigenvalue weighted by molar-refractivity contribution is 0.690. The molecule has 0 aliphatic rings. The molecule has 0 aromatic heterocycles. The maximum Gasteiger partial charge on any atom is 0.129 e. The van der Waals surface area contributed by atoms with Crippen molar-refractivity contribution in [2.45, 2.75) is 0 Å². The molecule has 1 aromatic carbocycles. The lowest BCUT2D eigenvalue weighted by atomic mass is 10.4. The summed E-state index contributed by atoms with van der Waals surface area (Å²) in [6, 6.07) is 12.0. The van der Waals surface area contributed by atoms with Crippen LogP contribution in [0.15, 0.2) is 36.4 Å². The zero-order valence-corrected chi connectivity index (χ0v) is 10.4. The summed E-state index contributed by atoms with van der Waals surface area (Å²) >= 11 is 0. The van der Waals surface area contributed by atoms with Crippen LogP contribution in [0.25, 0.3) is 0 Å². The molecule has 0 aliphatic carbocycles. The average molecular weight is 174 g/mol. The molecule has 4 heteroatoms. The molecule has 0 radical (unpaired) electrons. The second kappa shape index (κ2) is 11.4. The highest BCUT2D eigenvalue weighted by molar-refractivity contribution is 6.15. The zero-order valence-electron chi connectivity index (χ0n) is 6.37. The lowest BCUT2D eigenvalue weighted by Crippen LogP contribution is -1.65. The van der Waals surface area contributed by atoms with E-state index in [1.165, 1.54) is 0 Å². The van der Waals surface area contributed by atoms with Gasteiger partial charge in [0.15, 0.2) is 0 Å². The minimum Gasteiger partial charge on any atom is -0.471 e. The molecule has 58 valence electrons. The third kappa shape index (κ3) is 10.5. The van der Waals surface area contributed by atoms with Gasteiger partial charge >= 0.3 is 0 Å². The minimum absolute atomic E-state index is 0. The first kappa shape index (κ1) is 12.3. The van der Waals surface area contributed by atoms with Gasteiger partial charge in [0.25, 0.3) is 0 Å². The van der Waals surface area contributed by atoms with Crippen LogP contribution in [0.3, 0.4) is 0 Å². The maximum absolute atomic E-state index is 4.53. The van der Waals surface area contributed by atoms with Gasteiger partial charge in [0, 0.05) is 0 Å². The molecule has 0 aliphatic heterocycles. The van der Waals surface area contributed by atoms with Gasteiger partial charge in [-0.1, -0.05) is 36.4 Å². The molecule has 0 saturated heterocycles. The predicted octanol–water partition coefficient (Wildman–Crippen LogP) is -1.57. The van der Waals surface area contributed by atoms with Crippen molar-refractivity contribution in [1.82, 2.24) is 0 Å². The molecule has 0 bridgehead atoms. The summed E-state index contributed by atoms with van der Waals surface area (Å²) in [5.41, 5.74) is 0. The Labute approximate surface area is 67.6 Å².